The summed E-state index contributed by atoms with van der Waals surface area (Å²) >= 11 is 1.77. The van der Waals surface area contributed by atoms with Crippen LogP contribution in [0.15, 0.2) is 22.3 Å². The standard InChI is InChI=1S/C12H23N4PS/c1-6-17-16-11-15-12(5,8(2)7-18-11)9(3)14-10(4)13/h8,17H,3,6-7H2,1-2,4-5H3,(H2,13,14)(H,15,16). The maximum Gasteiger partial charge on any atom is 0.160 e. The smallest absolute Gasteiger partial charge is 0.160 e. The molecule has 1 aliphatic heterocycles. The Morgan fingerprint density at radius 2 is 2.44 bits per heavy atom. The van der Waals surface area contributed by atoms with Crippen LogP contribution >= 0.6 is 20.5 Å². The zero-order chi connectivity index (χ0) is 13.8. The Labute approximate surface area is 116 Å². The average molecular weight is 286 g/mol. The highest BCUT2D eigenvalue weighted by atomic mass is 32.2. The highest BCUT2D eigenvalue weighted by Gasteiger charge is 2.37. The molecule has 0 saturated carbocycles. The van der Waals surface area contributed by atoms with Crippen LogP contribution in [-0.2, 0) is 0 Å². The summed E-state index contributed by atoms with van der Waals surface area (Å²) < 4.78 is 0. The minimum absolute atomic E-state index is 0.355. The van der Waals surface area contributed by atoms with Gasteiger partial charge in [-0.1, -0.05) is 32.2 Å². The number of amidine groups is 2. The van der Waals surface area contributed by atoms with Gasteiger partial charge in [-0.3, -0.25) is 0 Å². The summed E-state index contributed by atoms with van der Waals surface area (Å²) in [5.41, 5.74) is 6.03. The average Bonchev–Trinajstić information content (AvgIpc) is 2.30. The van der Waals surface area contributed by atoms with Crippen LogP contribution in [0.5, 0.6) is 0 Å². The Morgan fingerprint density at radius 1 is 1.78 bits per heavy atom. The molecule has 1 rings (SSSR count). The summed E-state index contributed by atoms with van der Waals surface area (Å²) in [6, 6.07) is 0. The minimum atomic E-state index is -0.355. The predicted octanol–water partition coefficient (Wildman–Crippen LogP) is 2.58. The van der Waals surface area contributed by atoms with Crippen LogP contribution in [0.3, 0.4) is 0 Å². The number of rotatable bonds is 4. The molecule has 0 aliphatic carbocycles. The van der Waals surface area contributed by atoms with Crippen molar-refractivity contribution in [1.29, 1.82) is 0 Å². The van der Waals surface area contributed by atoms with Crippen LogP contribution in [0.25, 0.3) is 0 Å². The molecule has 0 bridgehead atoms. The van der Waals surface area contributed by atoms with Gasteiger partial charge in [-0.15, -0.1) is 0 Å². The molecule has 0 aromatic rings. The van der Waals surface area contributed by atoms with E-state index in [1.807, 2.05) is 0 Å². The molecule has 3 unspecified atom stereocenters. The maximum absolute atomic E-state index is 5.64. The molecule has 18 heavy (non-hydrogen) atoms. The fourth-order valence-electron chi connectivity index (χ4n) is 1.62. The molecule has 1 aliphatic rings. The molecule has 0 aromatic carbocycles. The van der Waals surface area contributed by atoms with E-state index in [9.17, 15) is 0 Å². The third-order valence-electron chi connectivity index (χ3n) is 3.03. The summed E-state index contributed by atoms with van der Waals surface area (Å²) in [5.74, 6) is 1.95. The van der Waals surface area contributed by atoms with Crippen molar-refractivity contribution >= 4 is 31.5 Å². The van der Waals surface area contributed by atoms with Crippen molar-refractivity contribution in [2.24, 2.45) is 21.6 Å². The van der Waals surface area contributed by atoms with Crippen molar-refractivity contribution in [1.82, 2.24) is 5.09 Å². The quantitative estimate of drug-likeness (QED) is 0.474. The van der Waals surface area contributed by atoms with Gasteiger partial charge in [-0.25, -0.2) is 9.98 Å². The molecule has 3 N–H and O–H groups in total. The van der Waals surface area contributed by atoms with Gasteiger partial charge in [0.25, 0.3) is 0 Å². The number of hydrogen-bond donors (Lipinski definition) is 2. The summed E-state index contributed by atoms with van der Waals surface area (Å²) in [6.07, 6.45) is 1.12. The first-order valence-electron chi connectivity index (χ1n) is 6.11. The Balaban J connectivity index is 2.94. The van der Waals surface area contributed by atoms with E-state index in [1.54, 1.807) is 18.7 Å². The topological polar surface area (TPSA) is 62.8 Å². The van der Waals surface area contributed by atoms with Crippen molar-refractivity contribution in [3.8, 4) is 0 Å². The van der Waals surface area contributed by atoms with E-state index < -0.39 is 0 Å². The van der Waals surface area contributed by atoms with Gasteiger partial charge in [0.15, 0.2) is 5.17 Å². The van der Waals surface area contributed by atoms with Crippen molar-refractivity contribution < 1.29 is 0 Å². The van der Waals surface area contributed by atoms with E-state index in [-0.39, 0.29) is 5.54 Å². The van der Waals surface area contributed by atoms with Crippen LogP contribution in [0.1, 0.15) is 27.7 Å². The first-order valence-corrected chi connectivity index (χ1v) is 8.31. The summed E-state index contributed by atoms with van der Waals surface area (Å²) in [6.45, 7) is 12.2. The molecule has 3 atom stereocenters. The van der Waals surface area contributed by atoms with Crippen molar-refractivity contribution in [2.45, 2.75) is 33.2 Å². The fourth-order valence-corrected chi connectivity index (χ4v) is 3.50. The zero-order valence-electron chi connectivity index (χ0n) is 11.6. The minimum Gasteiger partial charge on any atom is -0.387 e. The molecule has 4 nitrogen and oxygen atoms in total. The third kappa shape index (κ3) is 3.72. The van der Waals surface area contributed by atoms with Gasteiger partial charge in [0.2, 0.25) is 0 Å². The second-order valence-corrected chi connectivity index (χ2v) is 6.95. The van der Waals surface area contributed by atoms with E-state index in [4.69, 9.17) is 10.7 Å². The van der Waals surface area contributed by atoms with Crippen LogP contribution in [0, 0.1) is 5.92 Å². The lowest BCUT2D eigenvalue weighted by atomic mass is 9.86. The van der Waals surface area contributed by atoms with Gasteiger partial charge in [0.1, 0.15) is 5.54 Å². The molecule has 0 saturated heterocycles. The highest BCUT2D eigenvalue weighted by molar-refractivity contribution is 8.14. The lowest BCUT2D eigenvalue weighted by Gasteiger charge is -2.36. The Kier molecular flexibility index (Phi) is 5.67. The lowest BCUT2D eigenvalue weighted by molar-refractivity contribution is 0.401. The Hall–Kier alpha value is -0.540. The largest absolute Gasteiger partial charge is 0.387 e. The van der Waals surface area contributed by atoms with E-state index >= 15 is 0 Å². The predicted molar refractivity (Wildman–Crippen MR) is 85.9 cm³/mol. The third-order valence-corrected chi connectivity index (χ3v) is 5.11. The second kappa shape index (κ2) is 6.58. The highest BCUT2D eigenvalue weighted by Crippen LogP contribution is 2.37. The molecule has 1 heterocycles. The Morgan fingerprint density at radius 3 is 3.00 bits per heavy atom. The van der Waals surface area contributed by atoms with Gasteiger partial charge in [-0.05, 0) is 34.7 Å². The molecule has 0 amide bonds. The van der Waals surface area contributed by atoms with Crippen LogP contribution < -0.4 is 10.8 Å². The van der Waals surface area contributed by atoms with Crippen LogP contribution in [0.4, 0.5) is 0 Å². The number of nitrogens with one attached hydrogen (secondary N) is 1. The first kappa shape index (κ1) is 15.5. The first-order chi connectivity index (χ1) is 8.40. The number of nitrogens with two attached hydrogens (primary N) is 1. The molecular formula is C12H23N4PS. The number of nitrogens with zero attached hydrogens (tertiary/aromatic N) is 2. The lowest BCUT2D eigenvalue weighted by Crippen LogP contribution is -2.40. The van der Waals surface area contributed by atoms with Gasteiger partial charge in [-0.2, -0.15) is 0 Å². The molecule has 0 fully saturated rings. The molecule has 0 spiro atoms. The number of hydrogen-bond acceptors (Lipinski definition) is 4. The summed E-state index contributed by atoms with van der Waals surface area (Å²) in [4.78, 5) is 9.09. The maximum atomic E-state index is 5.64. The van der Waals surface area contributed by atoms with E-state index in [0.717, 1.165) is 22.8 Å². The fraction of sp³-hybridized carbons (Fsp3) is 0.667. The van der Waals surface area contributed by atoms with Gasteiger partial charge >= 0.3 is 0 Å². The number of aliphatic imine (C=N–C) groups is 2. The molecule has 102 valence electrons. The van der Waals surface area contributed by atoms with Gasteiger partial charge in [0, 0.05) is 5.75 Å². The van der Waals surface area contributed by atoms with Crippen LogP contribution in [-0.4, -0.2) is 28.5 Å². The second-order valence-electron chi connectivity index (χ2n) is 4.63. The van der Waals surface area contributed by atoms with E-state index in [0.29, 0.717) is 20.5 Å². The molecule has 6 heteroatoms. The summed E-state index contributed by atoms with van der Waals surface area (Å²) in [5, 5.41) is 4.38. The SMILES string of the molecule is C=C(N=C(C)N)C1(C)N=C(NPCC)SCC1C. The van der Waals surface area contributed by atoms with E-state index in [2.05, 4.69) is 37.4 Å². The van der Waals surface area contributed by atoms with E-state index in [1.165, 1.54) is 0 Å². The zero-order valence-corrected chi connectivity index (χ0v) is 13.4. The van der Waals surface area contributed by atoms with Gasteiger partial charge < -0.3 is 10.8 Å². The number of thioether (sulfide) groups is 1. The molecular weight excluding hydrogens is 263 g/mol. The Bertz CT molecular complexity index is 376. The normalized spacial score (nSPS) is 29.4. The van der Waals surface area contributed by atoms with Crippen molar-refractivity contribution in [3.05, 3.63) is 12.3 Å². The molecule has 0 radical (unpaired) electrons. The summed E-state index contributed by atoms with van der Waals surface area (Å²) in [7, 11) is 0.712. The molecule has 0 aromatic heterocycles. The van der Waals surface area contributed by atoms with Gasteiger partial charge in [0.05, 0.1) is 11.5 Å². The van der Waals surface area contributed by atoms with Crippen LogP contribution in [0.2, 0.25) is 0 Å². The monoisotopic (exact) mass is 286 g/mol. The van der Waals surface area contributed by atoms with Crippen molar-refractivity contribution in [3.63, 3.8) is 0 Å². The van der Waals surface area contributed by atoms with Crippen molar-refractivity contribution in [2.75, 3.05) is 11.9 Å².